The van der Waals surface area contributed by atoms with Gasteiger partial charge >= 0.3 is 0 Å². The second-order valence-electron chi connectivity index (χ2n) is 16.9. The third-order valence-corrected chi connectivity index (χ3v) is 14.7. The van der Waals surface area contributed by atoms with Crippen molar-refractivity contribution in [3.8, 4) is 0 Å². The number of hydrogen-bond donors (Lipinski definition) is 2. The number of ketones is 1. The Balaban J connectivity index is 1.39. The number of fused-ring (bicyclic) bond motifs is 7. The quantitative estimate of drug-likeness (QED) is 0.290. The molecule has 0 radical (unpaired) electrons. The molecule has 5 fully saturated rings. The lowest BCUT2D eigenvalue weighted by Crippen LogP contribution is -2.66. The Labute approximate surface area is 236 Å². The number of aliphatic hydroxyl groups excluding tert-OH is 1. The van der Waals surface area contributed by atoms with E-state index in [1.165, 1.54) is 5.57 Å². The lowest BCUT2D eigenvalue weighted by Gasteiger charge is -2.70. The van der Waals surface area contributed by atoms with Crippen molar-refractivity contribution < 1.29 is 19.9 Å². The molecule has 218 valence electrons. The summed E-state index contributed by atoms with van der Waals surface area (Å²) in [6, 6.07) is -0.0245. The Hall–Kier alpha value is -1.20. The predicted octanol–water partition coefficient (Wildman–Crippen LogP) is 7.10. The lowest BCUT2D eigenvalue weighted by molar-refractivity contribution is -0.206. The van der Waals surface area contributed by atoms with Crippen LogP contribution in [-0.4, -0.2) is 39.2 Å². The fourth-order valence-electron chi connectivity index (χ4n) is 11.4. The number of hydroxylamine groups is 2. The van der Waals surface area contributed by atoms with Crippen molar-refractivity contribution >= 4 is 11.7 Å². The summed E-state index contributed by atoms with van der Waals surface area (Å²) in [5.41, 5.74) is 0.279. The molecular weight excluding hydrogens is 486 g/mol. The summed E-state index contributed by atoms with van der Waals surface area (Å²) < 4.78 is 0. The van der Waals surface area contributed by atoms with E-state index in [2.05, 4.69) is 54.5 Å². The van der Waals surface area contributed by atoms with Crippen molar-refractivity contribution in [2.24, 2.45) is 50.2 Å². The molecule has 0 bridgehead atoms. The maximum atomic E-state index is 14.4. The molecule has 6 aliphatic carbocycles. The van der Waals surface area contributed by atoms with E-state index in [4.69, 9.17) is 0 Å². The monoisotopic (exact) mass is 539 g/mol. The van der Waals surface area contributed by atoms with Gasteiger partial charge in [0.25, 0.3) is 5.91 Å². The van der Waals surface area contributed by atoms with E-state index < -0.39 is 5.41 Å². The molecule has 6 rings (SSSR count). The number of rotatable bonds is 2. The highest BCUT2D eigenvalue weighted by Crippen LogP contribution is 2.75. The smallest absolute Gasteiger partial charge is 0.252 e. The van der Waals surface area contributed by atoms with Gasteiger partial charge in [-0.15, -0.1) is 0 Å². The van der Waals surface area contributed by atoms with Gasteiger partial charge in [-0.05, 0) is 122 Å². The Morgan fingerprint density at radius 2 is 1.56 bits per heavy atom. The summed E-state index contributed by atoms with van der Waals surface area (Å²) in [6.45, 7) is 16.1. The van der Waals surface area contributed by atoms with Gasteiger partial charge in [-0.1, -0.05) is 54.0 Å². The number of amides is 1. The number of carbonyl (C=O) groups is 2. The molecule has 0 aromatic carbocycles. The summed E-state index contributed by atoms with van der Waals surface area (Å²) >= 11 is 0. The van der Waals surface area contributed by atoms with Gasteiger partial charge in [-0.3, -0.25) is 14.8 Å². The molecule has 9 atom stereocenters. The van der Waals surface area contributed by atoms with Gasteiger partial charge in [-0.2, -0.15) is 0 Å². The molecule has 0 spiro atoms. The van der Waals surface area contributed by atoms with Gasteiger partial charge in [0.1, 0.15) is 0 Å². The van der Waals surface area contributed by atoms with Crippen molar-refractivity contribution in [2.75, 3.05) is 0 Å². The molecule has 5 nitrogen and oxygen atoms in total. The molecule has 0 aromatic heterocycles. The number of aliphatic hydroxyl groups is 1. The van der Waals surface area contributed by atoms with Gasteiger partial charge in [0.15, 0.2) is 5.78 Å². The molecular formula is C34H53NO4. The summed E-state index contributed by atoms with van der Waals surface area (Å²) in [5, 5.41) is 22.9. The zero-order valence-electron chi connectivity index (χ0n) is 25.6. The van der Waals surface area contributed by atoms with Crippen molar-refractivity contribution in [1.29, 1.82) is 0 Å². The fourth-order valence-corrected chi connectivity index (χ4v) is 11.4. The first kappa shape index (κ1) is 27.9. The van der Waals surface area contributed by atoms with Crippen molar-refractivity contribution in [3.63, 3.8) is 0 Å². The molecule has 6 aliphatic rings. The standard InChI is InChI=1S/C34H53NO4/c1-29(2)25-11-14-34(7)27(32(25,5)13-12-26(29)37)24(36)19-22-23-20-31(4,28(38)35(39)21-9-8-10-21)16-15-30(23,3)17-18-33(22,34)6/h19,21,23,25-27,37,39H,8-18,20H2,1-7H3/t23-,25?,26-,27+,30+,31-,32-,33+,34+/m0/s1. The van der Waals surface area contributed by atoms with E-state index in [0.29, 0.717) is 11.7 Å². The second kappa shape index (κ2) is 8.43. The number of nitrogens with zero attached hydrogens (tertiary/aromatic N) is 1. The van der Waals surface area contributed by atoms with Gasteiger partial charge in [0.2, 0.25) is 0 Å². The van der Waals surface area contributed by atoms with Crippen LogP contribution in [0.25, 0.3) is 0 Å². The van der Waals surface area contributed by atoms with E-state index in [-0.39, 0.29) is 57.0 Å². The lowest BCUT2D eigenvalue weighted by atomic mass is 9.33. The van der Waals surface area contributed by atoms with Crippen molar-refractivity contribution in [3.05, 3.63) is 11.6 Å². The van der Waals surface area contributed by atoms with Crippen LogP contribution in [0.15, 0.2) is 11.6 Å². The molecule has 0 heterocycles. The Bertz CT molecular complexity index is 1110. The topological polar surface area (TPSA) is 77.8 Å². The van der Waals surface area contributed by atoms with Crippen LogP contribution in [-0.2, 0) is 9.59 Å². The maximum Gasteiger partial charge on any atom is 0.252 e. The summed E-state index contributed by atoms with van der Waals surface area (Å²) in [6.07, 6.45) is 13.1. The molecule has 39 heavy (non-hydrogen) atoms. The van der Waals surface area contributed by atoms with Crippen LogP contribution in [0.2, 0.25) is 0 Å². The summed E-state index contributed by atoms with van der Waals surface area (Å²) in [4.78, 5) is 28.1. The first-order chi connectivity index (χ1) is 18.0. The van der Waals surface area contributed by atoms with E-state index in [0.717, 1.165) is 82.1 Å². The van der Waals surface area contributed by atoms with Crippen molar-refractivity contribution in [2.45, 2.75) is 138 Å². The average Bonchev–Trinajstić information content (AvgIpc) is 2.82. The van der Waals surface area contributed by atoms with E-state index in [9.17, 15) is 19.9 Å². The molecule has 5 heteroatoms. The van der Waals surface area contributed by atoms with Crippen LogP contribution in [0, 0.1) is 50.2 Å². The Morgan fingerprint density at radius 3 is 2.21 bits per heavy atom. The molecule has 2 N–H and O–H groups in total. The van der Waals surface area contributed by atoms with Crippen LogP contribution in [0.4, 0.5) is 0 Å². The van der Waals surface area contributed by atoms with Gasteiger partial charge in [0.05, 0.1) is 12.1 Å². The number of allylic oxidation sites excluding steroid dienone is 2. The van der Waals surface area contributed by atoms with E-state index in [1.54, 1.807) is 0 Å². The van der Waals surface area contributed by atoms with Crippen LogP contribution in [0.5, 0.6) is 0 Å². The highest BCUT2D eigenvalue weighted by molar-refractivity contribution is 5.95. The SMILES string of the molecule is CC1(C)C2CC[C@]3(C)[C@H](C(=O)C=C4[C@@H]5C[C@@](C)(C(=O)N(O)C6CCC6)CC[C@]5(C)CC[C@]43C)[C@@]2(C)CC[C@@H]1O. The summed E-state index contributed by atoms with van der Waals surface area (Å²) in [5.74, 6) is 0.679. The van der Waals surface area contributed by atoms with E-state index in [1.807, 2.05) is 0 Å². The van der Waals surface area contributed by atoms with Gasteiger partial charge in [-0.25, -0.2) is 5.06 Å². The summed E-state index contributed by atoms with van der Waals surface area (Å²) in [7, 11) is 0. The maximum absolute atomic E-state index is 14.4. The second-order valence-corrected chi connectivity index (χ2v) is 16.9. The minimum atomic E-state index is -0.596. The minimum absolute atomic E-state index is 0.0245. The molecule has 5 saturated carbocycles. The molecule has 1 unspecified atom stereocenters. The first-order valence-electron chi connectivity index (χ1n) is 16.0. The highest BCUT2D eigenvalue weighted by atomic mass is 16.5. The third-order valence-electron chi connectivity index (χ3n) is 14.7. The highest BCUT2D eigenvalue weighted by Gasteiger charge is 2.70. The largest absolute Gasteiger partial charge is 0.393 e. The third kappa shape index (κ3) is 3.50. The zero-order chi connectivity index (χ0) is 28.4. The Morgan fingerprint density at radius 1 is 0.897 bits per heavy atom. The normalized spacial score (nSPS) is 50.9. The zero-order valence-corrected chi connectivity index (χ0v) is 25.6. The molecule has 0 saturated heterocycles. The Kier molecular flexibility index (Phi) is 6.04. The average molecular weight is 540 g/mol. The van der Waals surface area contributed by atoms with Crippen LogP contribution >= 0.6 is 0 Å². The predicted molar refractivity (Wildman–Crippen MR) is 152 cm³/mol. The minimum Gasteiger partial charge on any atom is -0.393 e. The van der Waals surface area contributed by atoms with Gasteiger partial charge < -0.3 is 5.11 Å². The van der Waals surface area contributed by atoms with Crippen LogP contribution in [0.1, 0.15) is 126 Å². The van der Waals surface area contributed by atoms with E-state index >= 15 is 0 Å². The number of hydrogen-bond acceptors (Lipinski definition) is 4. The molecule has 1 amide bonds. The number of carbonyl (C=O) groups excluding carboxylic acids is 2. The van der Waals surface area contributed by atoms with Crippen LogP contribution in [0.3, 0.4) is 0 Å². The molecule has 0 aliphatic heterocycles. The van der Waals surface area contributed by atoms with Crippen LogP contribution < -0.4 is 0 Å². The van der Waals surface area contributed by atoms with Crippen molar-refractivity contribution in [1.82, 2.24) is 5.06 Å². The molecule has 0 aromatic rings. The fraction of sp³-hybridized carbons (Fsp3) is 0.882. The first-order valence-corrected chi connectivity index (χ1v) is 16.0. The van der Waals surface area contributed by atoms with Gasteiger partial charge in [0, 0.05) is 11.3 Å².